The summed E-state index contributed by atoms with van der Waals surface area (Å²) in [6.45, 7) is 3.66. The van der Waals surface area contributed by atoms with Crippen molar-refractivity contribution in [1.82, 2.24) is 0 Å². The third-order valence-corrected chi connectivity index (χ3v) is 9.48. The van der Waals surface area contributed by atoms with Gasteiger partial charge in [-0.25, -0.2) is 4.57 Å². The first-order valence-electron chi connectivity index (χ1n) is 20.5. The largest absolute Gasteiger partial charge is 0.472 e. The van der Waals surface area contributed by atoms with Crippen molar-refractivity contribution in [3.8, 4) is 0 Å². The topological polar surface area (TPSA) is 134 Å². The molecule has 0 saturated heterocycles. The van der Waals surface area contributed by atoms with Crippen molar-refractivity contribution in [2.75, 3.05) is 26.4 Å². The number of phosphoric acid groups is 1. The number of hydrogen-bond acceptors (Lipinski definition) is 8. The molecule has 9 nitrogen and oxygen atoms in total. The number of esters is 2. The number of carbonyl (C=O) groups excluding carboxylic acids is 2. The standard InChI is InChI=1S/C41H76NO8P/c1-3-5-7-9-11-13-15-17-19-21-23-25-27-29-31-33-40(43)47-37-39(38-49-51(45,46)48-36-35-42)50-41(44)34-32-30-28-26-24-22-20-18-16-14-12-10-8-6-4-2/h12,14,18,20,23,25,39H,3-11,13,15-17,19,21-22,24,26-38,42H2,1-2H3,(H,45,46)/b14-12+,20-18+,25-23+/t39-/m1/s1. The molecule has 0 aromatic carbocycles. The van der Waals surface area contributed by atoms with Gasteiger partial charge in [0, 0.05) is 19.4 Å². The van der Waals surface area contributed by atoms with Crippen LogP contribution in [-0.2, 0) is 32.7 Å². The highest BCUT2D eigenvalue weighted by Gasteiger charge is 2.25. The molecule has 298 valence electrons. The molecular formula is C41H76NO8P. The molecule has 0 heterocycles. The van der Waals surface area contributed by atoms with Crippen molar-refractivity contribution in [3.63, 3.8) is 0 Å². The average Bonchev–Trinajstić information content (AvgIpc) is 3.11. The number of rotatable bonds is 38. The smallest absolute Gasteiger partial charge is 0.462 e. The third-order valence-electron chi connectivity index (χ3n) is 8.50. The fourth-order valence-electron chi connectivity index (χ4n) is 5.42. The van der Waals surface area contributed by atoms with Crippen LogP contribution in [0.5, 0.6) is 0 Å². The van der Waals surface area contributed by atoms with Crippen molar-refractivity contribution in [1.29, 1.82) is 0 Å². The number of ether oxygens (including phenoxy) is 2. The first-order chi connectivity index (χ1) is 24.8. The molecule has 3 N–H and O–H groups in total. The minimum Gasteiger partial charge on any atom is -0.462 e. The van der Waals surface area contributed by atoms with E-state index in [0.29, 0.717) is 12.8 Å². The lowest BCUT2D eigenvalue weighted by molar-refractivity contribution is -0.161. The van der Waals surface area contributed by atoms with Gasteiger partial charge in [-0.05, 0) is 70.6 Å². The van der Waals surface area contributed by atoms with E-state index in [2.05, 4.69) is 50.3 Å². The second-order valence-corrected chi connectivity index (χ2v) is 14.9. The highest BCUT2D eigenvalue weighted by molar-refractivity contribution is 7.47. The first kappa shape index (κ1) is 49.2. The Hall–Kier alpha value is -1.77. The van der Waals surface area contributed by atoms with Crippen LogP contribution in [0.15, 0.2) is 36.5 Å². The zero-order valence-corrected chi connectivity index (χ0v) is 33.5. The molecule has 51 heavy (non-hydrogen) atoms. The molecule has 0 fully saturated rings. The van der Waals surface area contributed by atoms with Gasteiger partial charge >= 0.3 is 19.8 Å². The summed E-state index contributed by atoms with van der Waals surface area (Å²) in [6.07, 6.45) is 40.3. The van der Waals surface area contributed by atoms with E-state index in [9.17, 15) is 19.0 Å². The van der Waals surface area contributed by atoms with Gasteiger partial charge in [0.2, 0.25) is 0 Å². The molecule has 0 bridgehead atoms. The molecule has 2 atom stereocenters. The van der Waals surface area contributed by atoms with Crippen LogP contribution in [0.1, 0.15) is 181 Å². The lowest BCUT2D eigenvalue weighted by Gasteiger charge is -2.19. The summed E-state index contributed by atoms with van der Waals surface area (Å²) in [5.41, 5.74) is 5.33. The first-order valence-corrected chi connectivity index (χ1v) is 22.0. The lowest BCUT2D eigenvalue weighted by atomic mass is 10.1. The molecule has 0 aliphatic heterocycles. The van der Waals surface area contributed by atoms with Gasteiger partial charge in [-0.1, -0.05) is 134 Å². The summed E-state index contributed by atoms with van der Waals surface area (Å²) in [5, 5.41) is 0. The van der Waals surface area contributed by atoms with E-state index in [-0.39, 0.29) is 32.6 Å². The number of unbranched alkanes of at least 4 members (excludes halogenated alkanes) is 19. The molecule has 0 spiro atoms. The molecule has 0 aromatic heterocycles. The van der Waals surface area contributed by atoms with Crippen LogP contribution in [-0.4, -0.2) is 49.3 Å². The van der Waals surface area contributed by atoms with E-state index in [1.165, 1.54) is 83.5 Å². The quantitative estimate of drug-likeness (QED) is 0.0274. The SMILES string of the molecule is CCCCC/C=C/C/C=C/CCCCCCCC(=O)O[C@H](COC(=O)CCCC/C=C/CCCCCCCCCCC)COP(=O)(O)OCCN. The Morgan fingerprint density at radius 3 is 1.59 bits per heavy atom. The van der Waals surface area contributed by atoms with Crippen molar-refractivity contribution in [2.45, 2.75) is 187 Å². The van der Waals surface area contributed by atoms with Gasteiger partial charge in [-0.15, -0.1) is 0 Å². The minimum atomic E-state index is -4.38. The van der Waals surface area contributed by atoms with Gasteiger partial charge in [0.1, 0.15) is 6.61 Å². The van der Waals surface area contributed by atoms with Gasteiger partial charge in [0.25, 0.3) is 0 Å². The van der Waals surface area contributed by atoms with Gasteiger partial charge < -0.3 is 20.1 Å². The van der Waals surface area contributed by atoms with Crippen LogP contribution in [0, 0.1) is 0 Å². The van der Waals surface area contributed by atoms with Crippen molar-refractivity contribution < 1.29 is 37.6 Å². The maximum atomic E-state index is 12.5. The Balaban J connectivity index is 4.24. The average molecular weight is 742 g/mol. The molecule has 1 unspecified atom stereocenters. The summed E-state index contributed by atoms with van der Waals surface area (Å²) in [5.74, 6) is -0.870. The normalized spacial score (nSPS) is 13.7. The van der Waals surface area contributed by atoms with E-state index in [0.717, 1.165) is 57.8 Å². The zero-order chi connectivity index (χ0) is 37.5. The summed E-state index contributed by atoms with van der Waals surface area (Å²) in [7, 11) is -4.38. The Kier molecular flexibility index (Phi) is 36.7. The predicted octanol–water partition coefficient (Wildman–Crippen LogP) is 11.4. The maximum absolute atomic E-state index is 12.5. The number of allylic oxidation sites excluding steroid dienone is 6. The molecule has 0 aromatic rings. The Morgan fingerprint density at radius 1 is 0.588 bits per heavy atom. The third kappa shape index (κ3) is 37.8. The van der Waals surface area contributed by atoms with Crippen LogP contribution in [0.3, 0.4) is 0 Å². The van der Waals surface area contributed by atoms with Crippen molar-refractivity contribution in [3.05, 3.63) is 36.5 Å². The summed E-state index contributed by atoms with van der Waals surface area (Å²) < 4.78 is 32.7. The highest BCUT2D eigenvalue weighted by atomic mass is 31.2. The minimum absolute atomic E-state index is 0.0482. The number of nitrogens with two attached hydrogens (primary N) is 1. The second kappa shape index (κ2) is 38.0. The number of phosphoric ester groups is 1. The van der Waals surface area contributed by atoms with Crippen LogP contribution in [0.2, 0.25) is 0 Å². The van der Waals surface area contributed by atoms with Gasteiger partial charge in [-0.3, -0.25) is 18.6 Å². The molecular weight excluding hydrogens is 665 g/mol. The molecule has 10 heteroatoms. The Labute approximate surface area is 312 Å². The molecule has 0 aliphatic carbocycles. The Morgan fingerprint density at radius 2 is 1.02 bits per heavy atom. The lowest BCUT2D eigenvalue weighted by Crippen LogP contribution is -2.29. The van der Waals surface area contributed by atoms with Gasteiger partial charge in [-0.2, -0.15) is 0 Å². The van der Waals surface area contributed by atoms with Crippen molar-refractivity contribution >= 4 is 19.8 Å². The molecule has 0 radical (unpaired) electrons. The zero-order valence-electron chi connectivity index (χ0n) is 32.6. The fourth-order valence-corrected chi connectivity index (χ4v) is 6.19. The molecule has 0 rings (SSSR count). The number of carbonyl (C=O) groups is 2. The van der Waals surface area contributed by atoms with E-state index >= 15 is 0 Å². The summed E-state index contributed by atoms with van der Waals surface area (Å²) in [6, 6.07) is 0. The predicted molar refractivity (Wildman–Crippen MR) is 210 cm³/mol. The summed E-state index contributed by atoms with van der Waals surface area (Å²) >= 11 is 0. The second-order valence-electron chi connectivity index (χ2n) is 13.5. The Bertz CT molecular complexity index is 939. The van der Waals surface area contributed by atoms with E-state index in [1.54, 1.807) is 0 Å². The van der Waals surface area contributed by atoms with E-state index < -0.39 is 32.5 Å². The summed E-state index contributed by atoms with van der Waals surface area (Å²) in [4.78, 5) is 34.8. The van der Waals surface area contributed by atoms with Crippen LogP contribution in [0.4, 0.5) is 0 Å². The van der Waals surface area contributed by atoms with Crippen molar-refractivity contribution in [2.24, 2.45) is 5.73 Å². The van der Waals surface area contributed by atoms with Crippen LogP contribution >= 0.6 is 7.82 Å². The van der Waals surface area contributed by atoms with E-state index in [1.807, 2.05) is 0 Å². The highest BCUT2D eigenvalue weighted by Crippen LogP contribution is 2.43. The molecule has 0 amide bonds. The maximum Gasteiger partial charge on any atom is 0.472 e. The number of hydrogen-bond donors (Lipinski definition) is 2. The van der Waals surface area contributed by atoms with Gasteiger partial charge in [0.05, 0.1) is 13.2 Å². The van der Waals surface area contributed by atoms with Crippen LogP contribution in [0.25, 0.3) is 0 Å². The molecule has 0 saturated carbocycles. The monoisotopic (exact) mass is 742 g/mol. The molecule has 0 aliphatic rings. The van der Waals surface area contributed by atoms with E-state index in [4.69, 9.17) is 24.3 Å². The van der Waals surface area contributed by atoms with Gasteiger partial charge in [0.15, 0.2) is 6.10 Å². The fraction of sp³-hybridized carbons (Fsp3) is 0.805. The van der Waals surface area contributed by atoms with Crippen LogP contribution < -0.4 is 5.73 Å².